The number of hydrogen-bond acceptors (Lipinski definition) is 10. The van der Waals surface area contributed by atoms with Crippen LogP contribution in [0.15, 0.2) is 29.2 Å². The van der Waals surface area contributed by atoms with Crippen molar-refractivity contribution in [3.8, 4) is 0 Å². The molecule has 2 fully saturated rings. The van der Waals surface area contributed by atoms with E-state index in [1.54, 1.807) is 20.8 Å². The van der Waals surface area contributed by atoms with E-state index in [-0.39, 0.29) is 4.90 Å². The van der Waals surface area contributed by atoms with Gasteiger partial charge < -0.3 is 18.9 Å². The Morgan fingerprint density at radius 2 is 1.70 bits per heavy atom. The van der Waals surface area contributed by atoms with Gasteiger partial charge in [-0.25, -0.2) is 0 Å². The lowest BCUT2D eigenvalue weighted by Crippen LogP contribution is -2.47. The Kier molecular flexibility index (Phi) is 7.19. The third-order valence-corrected chi connectivity index (χ3v) is 7.26. The van der Waals surface area contributed by atoms with Crippen molar-refractivity contribution in [3.05, 3.63) is 29.8 Å². The molecule has 0 amide bonds. The second kappa shape index (κ2) is 9.03. The Morgan fingerprint density at radius 1 is 1.09 bits per heavy atom. The molecule has 2 aliphatic heterocycles. The quantitative estimate of drug-likeness (QED) is 0.370. The highest BCUT2D eigenvalue weighted by atomic mass is 32.2. The van der Waals surface area contributed by atoms with Crippen LogP contribution in [-0.2, 0) is 47.5 Å². The van der Waals surface area contributed by atoms with E-state index in [0.29, 0.717) is 0 Å². The zero-order valence-corrected chi connectivity index (χ0v) is 19.6. The molecule has 0 bridgehead atoms. The highest BCUT2D eigenvalue weighted by molar-refractivity contribution is 7.87. The average molecular weight is 521 g/mol. The maximum absolute atomic E-state index is 13.0. The number of benzene rings is 1. The van der Waals surface area contributed by atoms with Crippen molar-refractivity contribution in [2.24, 2.45) is 0 Å². The Bertz CT molecular complexity index is 1050. The van der Waals surface area contributed by atoms with Crippen LogP contribution in [0.2, 0.25) is 0 Å². The van der Waals surface area contributed by atoms with Crippen LogP contribution >= 0.6 is 0 Å². The van der Waals surface area contributed by atoms with Crippen molar-refractivity contribution in [3.63, 3.8) is 0 Å². The van der Waals surface area contributed by atoms with Crippen LogP contribution in [0.25, 0.3) is 0 Å². The van der Waals surface area contributed by atoms with Crippen molar-refractivity contribution in [2.75, 3.05) is 13.7 Å². The number of fused-ring (bicyclic) bond motifs is 1. The number of halogens is 3. The molecule has 33 heavy (non-hydrogen) atoms. The van der Waals surface area contributed by atoms with Crippen molar-refractivity contribution >= 4 is 20.2 Å². The Labute approximate surface area is 189 Å². The summed E-state index contributed by atoms with van der Waals surface area (Å²) in [5.74, 6) is -1.10. The fraction of sp³-hybridized carbons (Fsp3) is 0.667. The third-order valence-electron chi connectivity index (χ3n) is 4.90. The van der Waals surface area contributed by atoms with E-state index in [4.69, 9.17) is 23.1 Å². The van der Waals surface area contributed by atoms with Crippen LogP contribution in [0, 0.1) is 6.92 Å². The number of ether oxygens (including phenoxy) is 4. The predicted octanol–water partition coefficient (Wildman–Crippen LogP) is 1.83. The first-order valence-electron chi connectivity index (χ1n) is 9.56. The topological polar surface area (TPSA) is 124 Å². The molecule has 0 unspecified atom stereocenters. The molecule has 5 atom stereocenters. The SMILES string of the molecule is CO[C@@H]1[C@H]2OC(C)(C)O[C@H]2O[C@@H]1[C@@H](COS(=O)(=O)c1ccc(C)cc1)OS(=O)(=O)C(F)(F)F. The Morgan fingerprint density at radius 3 is 2.24 bits per heavy atom. The zero-order valence-electron chi connectivity index (χ0n) is 17.9. The standard InChI is InChI=1S/C18H23F3O10S2/c1-10-5-7-11(8-6-10)32(22,23)27-9-12(31-33(24,25)18(19,20)21)13-14(26-4)15-16(28-13)30-17(2,3)29-15/h5-8,12-16H,9H2,1-4H3/t12-,13-,14+,15-,16-/m1/s1. The molecular formula is C18H23F3O10S2. The molecule has 0 aliphatic carbocycles. The van der Waals surface area contributed by atoms with E-state index >= 15 is 0 Å². The summed E-state index contributed by atoms with van der Waals surface area (Å²) in [7, 11) is -9.42. The molecule has 10 nitrogen and oxygen atoms in total. The summed E-state index contributed by atoms with van der Waals surface area (Å²) in [6.07, 6.45) is -6.82. The number of aryl methyl sites for hydroxylation is 1. The molecule has 3 rings (SSSR count). The summed E-state index contributed by atoms with van der Waals surface area (Å²) in [6, 6.07) is 5.42. The van der Waals surface area contributed by atoms with E-state index in [0.717, 1.165) is 5.56 Å². The number of hydrogen-bond donors (Lipinski definition) is 0. The van der Waals surface area contributed by atoms with Crippen LogP contribution in [0.4, 0.5) is 13.2 Å². The molecule has 2 aliphatic rings. The fourth-order valence-corrected chi connectivity index (χ4v) is 4.91. The van der Waals surface area contributed by atoms with Crippen molar-refractivity contribution in [1.82, 2.24) is 0 Å². The van der Waals surface area contributed by atoms with Gasteiger partial charge in [0.15, 0.2) is 12.1 Å². The largest absolute Gasteiger partial charge is 0.523 e. The second-order valence-electron chi connectivity index (χ2n) is 7.86. The van der Waals surface area contributed by atoms with E-state index in [1.165, 1.54) is 31.4 Å². The molecule has 0 saturated carbocycles. The van der Waals surface area contributed by atoms with E-state index in [9.17, 15) is 30.0 Å². The smallest absolute Gasteiger partial charge is 0.376 e. The summed E-state index contributed by atoms with van der Waals surface area (Å²) in [5.41, 5.74) is -5.02. The van der Waals surface area contributed by atoms with Crippen molar-refractivity contribution < 1.29 is 57.3 Å². The summed E-state index contributed by atoms with van der Waals surface area (Å²) < 4.78 is 118. The summed E-state index contributed by atoms with van der Waals surface area (Å²) in [6.45, 7) is 3.72. The molecule has 0 aromatic heterocycles. The van der Waals surface area contributed by atoms with E-state index in [1.807, 2.05) is 0 Å². The van der Waals surface area contributed by atoms with Gasteiger partial charge in [-0.05, 0) is 32.9 Å². The first-order valence-corrected chi connectivity index (χ1v) is 12.4. The van der Waals surface area contributed by atoms with Crippen molar-refractivity contribution in [2.45, 2.75) is 67.7 Å². The second-order valence-corrected chi connectivity index (χ2v) is 11.0. The van der Waals surface area contributed by atoms with Gasteiger partial charge in [-0.2, -0.15) is 30.0 Å². The minimum atomic E-state index is -6.14. The van der Waals surface area contributed by atoms with Crippen LogP contribution < -0.4 is 0 Å². The number of methoxy groups -OCH3 is 1. The minimum Gasteiger partial charge on any atom is -0.376 e. The lowest BCUT2D eigenvalue weighted by molar-refractivity contribution is -0.227. The first-order chi connectivity index (χ1) is 15.1. The predicted molar refractivity (Wildman–Crippen MR) is 104 cm³/mol. The normalized spacial score (nSPS) is 28.6. The van der Waals surface area contributed by atoms with Crippen LogP contribution in [0.5, 0.6) is 0 Å². The molecule has 0 radical (unpaired) electrons. The summed E-state index contributed by atoms with van der Waals surface area (Å²) in [4.78, 5) is -0.286. The van der Waals surface area contributed by atoms with E-state index < -0.39 is 68.8 Å². The van der Waals surface area contributed by atoms with Crippen molar-refractivity contribution in [1.29, 1.82) is 0 Å². The maximum atomic E-state index is 13.0. The molecule has 188 valence electrons. The summed E-state index contributed by atoms with van der Waals surface area (Å²) >= 11 is 0. The zero-order chi connectivity index (χ0) is 24.8. The van der Waals surface area contributed by atoms with Gasteiger partial charge in [-0.1, -0.05) is 17.7 Å². The molecule has 0 spiro atoms. The van der Waals surface area contributed by atoms with E-state index in [2.05, 4.69) is 4.18 Å². The first kappa shape index (κ1) is 26.3. The van der Waals surface area contributed by atoms with Gasteiger partial charge in [-0.15, -0.1) is 0 Å². The van der Waals surface area contributed by atoms with Crippen LogP contribution in [0.1, 0.15) is 19.4 Å². The van der Waals surface area contributed by atoms with Gasteiger partial charge in [0, 0.05) is 7.11 Å². The molecule has 2 saturated heterocycles. The van der Waals surface area contributed by atoms with Gasteiger partial charge in [-0.3, -0.25) is 8.37 Å². The molecular weight excluding hydrogens is 497 g/mol. The minimum absolute atomic E-state index is 0.286. The van der Waals surface area contributed by atoms with Gasteiger partial charge in [0.1, 0.15) is 24.4 Å². The molecule has 2 heterocycles. The lowest BCUT2D eigenvalue weighted by Gasteiger charge is -2.29. The van der Waals surface area contributed by atoms with Crippen LogP contribution in [-0.4, -0.2) is 72.6 Å². The Balaban J connectivity index is 1.86. The summed E-state index contributed by atoms with van der Waals surface area (Å²) in [5, 5.41) is 0. The number of alkyl halides is 3. The number of rotatable bonds is 8. The van der Waals surface area contributed by atoms with Gasteiger partial charge in [0.05, 0.1) is 11.5 Å². The monoisotopic (exact) mass is 520 g/mol. The Hall–Kier alpha value is -1.33. The van der Waals surface area contributed by atoms with Gasteiger partial charge in [0.2, 0.25) is 0 Å². The highest BCUT2D eigenvalue weighted by Gasteiger charge is 2.59. The lowest BCUT2D eigenvalue weighted by atomic mass is 10.1. The molecule has 1 aromatic carbocycles. The maximum Gasteiger partial charge on any atom is 0.523 e. The average Bonchev–Trinajstić information content (AvgIpc) is 3.15. The molecule has 15 heteroatoms. The third kappa shape index (κ3) is 5.67. The molecule has 0 N–H and O–H groups in total. The fourth-order valence-electron chi connectivity index (χ4n) is 3.40. The highest BCUT2D eigenvalue weighted by Crippen LogP contribution is 2.41. The van der Waals surface area contributed by atoms with Crippen LogP contribution in [0.3, 0.4) is 0 Å². The van der Waals surface area contributed by atoms with Gasteiger partial charge in [0.25, 0.3) is 10.1 Å². The molecule has 1 aromatic rings. The van der Waals surface area contributed by atoms with Gasteiger partial charge >= 0.3 is 15.6 Å².